The Balaban J connectivity index is 1.83. The first-order valence-corrected chi connectivity index (χ1v) is 6.69. The summed E-state index contributed by atoms with van der Waals surface area (Å²) in [4.78, 5) is 26.0. The predicted octanol–water partition coefficient (Wildman–Crippen LogP) is 1.83. The highest BCUT2D eigenvalue weighted by molar-refractivity contribution is 5.74. The number of hydrogen-bond acceptors (Lipinski definition) is 5. The van der Waals surface area contributed by atoms with E-state index in [1.54, 1.807) is 12.1 Å². The van der Waals surface area contributed by atoms with Crippen LogP contribution in [0.5, 0.6) is 0 Å². The van der Waals surface area contributed by atoms with Gasteiger partial charge in [-0.2, -0.15) is 0 Å². The van der Waals surface area contributed by atoms with Crippen LogP contribution in [0.3, 0.4) is 0 Å². The van der Waals surface area contributed by atoms with E-state index in [1.165, 1.54) is 18.3 Å². The molecule has 0 saturated carbocycles. The summed E-state index contributed by atoms with van der Waals surface area (Å²) < 4.78 is 23.2. The lowest BCUT2D eigenvalue weighted by atomic mass is 10.2. The molecule has 1 aromatic carbocycles. The van der Waals surface area contributed by atoms with E-state index in [0.717, 1.165) is 0 Å². The largest absolute Gasteiger partial charge is 0.465 e. The number of carbonyl (C=O) groups is 2. The summed E-state index contributed by atoms with van der Waals surface area (Å²) in [6, 6.07) is 5.82. The topological polar surface area (TPSA) is 95.4 Å². The average molecular weight is 306 g/mol. The summed E-state index contributed by atoms with van der Waals surface area (Å²) in [6.45, 7) is -0.0272. The molecule has 1 aromatic heterocycles. The summed E-state index contributed by atoms with van der Waals surface area (Å²) in [6.07, 6.45) is 1.87. The fourth-order valence-electron chi connectivity index (χ4n) is 1.72. The summed E-state index contributed by atoms with van der Waals surface area (Å²) >= 11 is 0. The molecule has 2 N–H and O–H groups in total. The number of oxazole rings is 1. The number of rotatable bonds is 7. The number of nitrogens with zero attached hydrogens (tertiary/aromatic N) is 1. The van der Waals surface area contributed by atoms with Crippen molar-refractivity contribution in [2.24, 2.45) is 5.73 Å². The van der Waals surface area contributed by atoms with Gasteiger partial charge in [0.25, 0.3) is 0 Å². The molecule has 0 fully saturated rings. The number of ether oxygens (including phenoxy) is 1. The Morgan fingerprint density at radius 2 is 1.95 bits per heavy atom. The van der Waals surface area contributed by atoms with Gasteiger partial charge in [0, 0.05) is 12.0 Å². The first-order valence-electron chi connectivity index (χ1n) is 6.69. The summed E-state index contributed by atoms with van der Waals surface area (Å²) in [5.41, 5.74) is 5.63. The van der Waals surface area contributed by atoms with Gasteiger partial charge in [-0.15, -0.1) is 0 Å². The molecule has 0 spiro atoms. The van der Waals surface area contributed by atoms with Gasteiger partial charge in [0.2, 0.25) is 5.91 Å². The van der Waals surface area contributed by atoms with Crippen LogP contribution >= 0.6 is 0 Å². The average Bonchev–Trinajstić information content (AvgIpc) is 2.94. The van der Waals surface area contributed by atoms with E-state index >= 15 is 0 Å². The van der Waals surface area contributed by atoms with Crippen molar-refractivity contribution >= 4 is 11.9 Å². The highest BCUT2D eigenvalue weighted by Crippen LogP contribution is 2.21. The second kappa shape index (κ2) is 7.35. The van der Waals surface area contributed by atoms with Crippen LogP contribution in [-0.4, -0.2) is 23.5 Å². The zero-order valence-corrected chi connectivity index (χ0v) is 11.8. The standard InChI is InChI=1S/C15H15FN2O4/c16-11-3-1-10(2-4-11)12-9-18-14(22-12)5-6-15(20)21-8-7-13(17)19/h1-4,9H,5-8H2,(H2,17,19). The first kappa shape index (κ1) is 15.7. The molecule has 0 bridgehead atoms. The van der Waals surface area contributed by atoms with Crippen molar-refractivity contribution in [3.05, 3.63) is 42.2 Å². The monoisotopic (exact) mass is 306 g/mol. The summed E-state index contributed by atoms with van der Waals surface area (Å²) in [5, 5.41) is 0. The van der Waals surface area contributed by atoms with Crippen LogP contribution in [0.15, 0.2) is 34.9 Å². The molecule has 22 heavy (non-hydrogen) atoms. The van der Waals surface area contributed by atoms with Gasteiger partial charge in [0.15, 0.2) is 11.7 Å². The van der Waals surface area contributed by atoms with Gasteiger partial charge in [0.1, 0.15) is 12.4 Å². The summed E-state index contributed by atoms with van der Waals surface area (Å²) in [7, 11) is 0. The van der Waals surface area contributed by atoms with Gasteiger partial charge in [-0.05, 0) is 24.3 Å². The number of nitrogens with two attached hydrogens (primary N) is 1. The number of benzene rings is 1. The number of halogens is 1. The van der Waals surface area contributed by atoms with Crippen molar-refractivity contribution in [2.45, 2.75) is 19.3 Å². The van der Waals surface area contributed by atoms with Crippen molar-refractivity contribution < 1.29 is 23.1 Å². The highest BCUT2D eigenvalue weighted by atomic mass is 19.1. The van der Waals surface area contributed by atoms with Crippen LogP contribution in [0.4, 0.5) is 4.39 Å². The quantitative estimate of drug-likeness (QED) is 0.787. The van der Waals surface area contributed by atoms with Gasteiger partial charge in [-0.25, -0.2) is 9.37 Å². The van der Waals surface area contributed by atoms with E-state index in [2.05, 4.69) is 4.98 Å². The van der Waals surface area contributed by atoms with Crippen LogP contribution in [0.1, 0.15) is 18.7 Å². The normalized spacial score (nSPS) is 10.4. The number of carbonyl (C=O) groups excluding carboxylic acids is 2. The number of primary amides is 1. The Bertz CT molecular complexity index is 652. The molecule has 116 valence electrons. The number of aryl methyl sites for hydroxylation is 1. The molecule has 6 nitrogen and oxygen atoms in total. The summed E-state index contributed by atoms with van der Waals surface area (Å²) in [5.74, 6) is -0.433. The number of aromatic nitrogens is 1. The lowest BCUT2D eigenvalue weighted by molar-refractivity contribution is -0.144. The fraction of sp³-hybridized carbons (Fsp3) is 0.267. The smallest absolute Gasteiger partial charge is 0.306 e. The first-order chi connectivity index (χ1) is 10.5. The molecule has 0 radical (unpaired) electrons. The second-order valence-electron chi connectivity index (χ2n) is 4.56. The molecule has 2 rings (SSSR count). The Labute approximate surface area is 126 Å². The maximum atomic E-state index is 12.8. The van der Waals surface area contributed by atoms with Gasteiger partial charge in [0.05, 0.1) is 19.0 Å². The van der Waals surface area contributed by atoms with Crippen LogP contribution < -0.4 is 5.73 Å². The third-order valence-corrected chi connectivity index (χ3v) is 2.84. The molecular formula is C15H15FN2O4. The number of hydrogen-bond donors (Lipinski definition) is 1. The predicted molar refractivity (Wildman–Crippen MR) is 75.0 cm³/mol. The van der Waals surface area contributed by atoms with E-state index in [1.807, 2.05) is 0 Å². The fourth-order valence-corrected chi connectivity index (χ4v) is 1.72. The van der Waals surface area contributed by atoms with Crippen LogP contribution in [-0.2, 0) is 20.7 Å². The Kier molecular flexibility index (Phi) is 5.24. The van der Waals surface area contributed by atoms with Crippen molar-refractivity contribution in [1.82, 2.24) is 4.98 Å². The van der Waals surface area contributed by atoms with E-state index in [4.69, 9.17) is 14.9 Å². The molecule has 1 heterocycles. The van der Waals surface area contributed by atoms with Crippen molar-refractivity contribution in [3.63, 3.8) is 0 Å². The van der Waals surface area contributed by atoms with Gasteiger partial charge in [-0.1, -0.05) is 0 Å². The number of esters is 1. The SMILES string of the molecule is NC(=O)CCOC(=O)CCc1ncc(-c2ccc(F)cc2)o1. The Morgan fingerprint density at radius 1 is 1.23 bits per heavy atom. The van der Waals surface area contributed by atoms with Crippen LogP contribution in [0, 0.1) is 5.82 Å². The molecule has 1 amide bonds. The van der Waals surface area contributed by atoms with Gasteiger partial charge < -0.3 is 14.9 Å². The molecule has 0 unspecified atom stereocenters. The second-order valence-corrected chi connectivity index (χ2v) is 4.56. The van der Waals surface area contributed by atoms with Crippen molar-refractivity contribution in [3.8, 4) is 11.3 Å². The maximum Gasteiger partial charge on any atom is 0.306 e. The third kappa shape index (κ3) is 4.69. The highest BCUT2D eigenvalue weighted by Gasteiger charge is 2.10. The Morgan fingerprint density at radius 3 is 2.64 bits per heavy atom. The van der Waals surface area contributed by atoms with Crippen molar-refractivity contribution in [2.75, 3.05) is 6.61 Å². The van der Waals surface area contributed by atoms with Crippen LogP contribution in [0.2, 0.25) is 0 Å². The molecule has 0 aliphatic rings. The number of amides is 1. The molecule has 0 saturated heterocycles. The zero-order valence-electron chi connectivity index (χ0n) is 11.8. The van der Waals surface area contributed by atoms with Crippen LogP contribution in [0.25, 0.3) is 11.3 Å². The molecule has 7 heteroatoms. The van der Waals surface area contributed by atoms with Gasteiger partial charge >= 0.3 is 5.97 Å². The molecule has 0 aliphatic heterocycles. The molecule has 0 aliphatic carbocycles. The zero-order chi connectivity index (χ0) is 15.9. The lowest BCUT2D eigenvalue weighted by Crippen LogP contribution is -2.15. The molecular weight excluding hydrogens is 291 g/mol. The van der Waals surface area contributed by atoms with E-state index in [-0.39, 0.29) is 31.7 Å². The van der Waals surface area contributed by atoms with E-state index in [0.29, 0.717) is 17.2 Å². The van der Waals surface area contributed by atoms with E-state index < -0.39 is 11.9 Å². The third-order valence-electron chi connectivity index (χ3n) is 2.84. The molecule has 2 aromatic rings. The van der Waals surface area contributed by atoms with E-state index in [9.17, 15) is 14.0 Å². The maximum absolute atomic E-state index is 12.8. The minimum absolute atomic E-state index is 0.000539. The minimum Gasteiger partial charge on any atom is -0.465 e. The van der Waals surface area contributed by atoms with Gasteiger partial charge in [-0.3, -0.25) is 9.59 Å². The van der Waals surface area contributed by atoms with Crippen molar-refractivity contribution in [1.29, 1.82) is 0 Å². The minimum atomic E-state index is -0.524. The lowest BCUT2D eigenvalue weighted by Gasteiger charge is -2.01. The molecule has 0 atom stereocenters. The Hall–Kier alpha value is -2.70.